The van der Waals surface area contributed by atoms with Gasteiger partial charge in [-0.2, -0.15) is 5.26 Å². The van der Waals surface area contributed by atoms with Gasteiger partial charge in [0.1, 0.15) is 16.8 Å². The summed E-state index contributed by atoms with van der Waals surface area (Å²) in [5.41, 5.74) is 1.27. The standard InChI is InChI=1S/C19H21N3O2S/c1-24-16-7-8-17-13(10-16)9-14(11-20)19(22-17)25-12-18(23)21-15-5-3-2-4-6-15/h7-10,15H,2-6,12H2,1H3,(H,21,23). The molecule has 2 aromatic rings. The van der Waals surface area contributed by atoms with Gasteiger partial charge in [0.15, 0.2) is 0 Å². The number of rotatable bonds is 5. The SMILES string of the molecule is COc1ccc2nc(SCC(=O)NC3CCCCC3)c(C#N)cc2c1. The molecule has 0 spiro atoms. The summed E-state index contributed by atoms with van der Waals surface area (Å²) in [7, 11) is 1.61. The predicted octanol–water partition coefficient (Wildman–Crippen LogP) is 3.66. The van der Waals surface area contributed by atoms with Gasteiger partial charge in [-0.05, 0) is 37.1 Å². The molecule has 0 bridgehead atoms. The first-order valence-electron chi connectivity index (χ1n) is 8.50. The molecule has 1 N–H and O–H groups in total. The van der Waals surface area contributed by atoms with Crippen molar-refractivity contribution in [2.75, 3.05) is 12.9 Å². The summed E-state index contributed by atoms with van der Waals surface area (Å²) in [6, 6.07) is 9.83. The number of nitrogens with one attached hydrogen (secondary N) is 1. The summed E-state index contributed by atoms with van der Waals surface area (Å²) in [6.45, 7) is 0. The van der Waals surface area contributed by atoms with E-state index in [1.165, 1.54) is 31.0 Å². The minimum absolute atomic E-state index is 0.0115. The Morgan fingerprint density at radius 2 is 2.16 bits per heavy atom. The Bertz CT molecular complexity index is 810. The van der Waals surface area contributed by atoms with Gasteiger partial charge >= 0.3 is 0 Å². The first kappa shape index (κ1) is 17.6. The fraction of sp³-hybridized carbons (Fsp3) is 0.421. The minimum atomic E-state index is 0.0115. The van der Waals surface area contributed by atoms with Crippen molar-refractivity contribution in [1.29, 1.82) is 5.26 Å². The maximum absolute atomic E-state index is 12.2. The number of hydrogen-bond acceptors (Lipinski definition) is 5. The van der Waals surface area contributed by atoms with Gasteiger partial charge in [0, 0.05) is 11.4 Å². The van der Waals surface area contributed by atoms with E-state index in [1.54, 1.807) is 13.2 Å². The van der Waals surface area contributed by atoms with E-state index in [2.05, 4.69) is 16.4 Å². The molecule has 1 aliphatic carbocycles. The zero-order valence-electron chi connectivity index (χ0n) is 14.2. The first-order valence-corrected chi connectivity index (χ1v) is 9.49. The van der Waals surface area contributed by atoms with Crippen molar-refractivity contribution >= 4 is 28.6 Å². The number of nitriles is 1. The van der Waals surface area contributed by atoms with E-state index >= 15 is 0 Å². The first-order chi connectivity index (χ1) is 12.2. The fourth-order valence-corrected chi connectivity index (χ4v) is 3.88. The van der Waals surface area contributed by atoms with Crippen molar-refractivity contribution < 1.29 is 9.53 Å². The maximum Gasteiger partial charge on any atom is 0.230 e. The lowest BCUT2D eigenvalue weighted by molar-refractivity contribution is -0.119. The smallest absolute Gasteiger partial charge is 0.230 e. The number of carbonyl (C=O) groups is 1. The summed E-state index contributed by atoms with van der Waals surface area (Å²) in [5, 5.41) is 13.9. The molecule has 0 radical (unpaired) electrons. The third-order valence-corrected chi connectivity index (χ3v) is 5.41. The average molecular weight is 355 g/mol. The van der Waals surface area contributed by atoms with Crippen LogP contribution in [0.4, 0.5) is 0 Å². The van der Waals surface area contributed by atoms with Crippen molar-refractivity contribution in [3.8, 4) is 11.8 Å². The van der Waals surface area contributed by atoms with Crippen LogP contribution in [0.3, 0.4) is 0 Å². The number of thioether (sulfide) groups is 1. The van der Waals surface area contributed by atoms with E-state index in [0.717, 1.165) is 29.5 Å². The van der Waals surface area contributed by atoms with Crippen molar-refractivity contribution in [2.45, 2.75) is 43.2 Å². The molecule has 1 heterocycles. The van der Waals surface area contributed by atoms with Crippen molar-refractivity contribution in [2.24, 2.45) is 0 Å². The van der Waals surface area contributed by atoms with Crippen molar-refractivity contribution in [1.82, 2.24) is 10.3 Å². The topological polar surface area (TPSA) is 75.0 Å². The molecule has 3 rings (SSSR count). The molecule has 6 heteroatoms. The van der Waals surface area contributed by atoms with Crippen LogP contribution in [0, 0.1) is 11.3 Å². The highest BCUT2D eigenvalue weighted by atomic mass is 32.2. The number of nitrogens with zero attached hydrogens (tertiary/aromatic N) is 2. The predicted molar refractivity (Wildman–Crippen MR) is 98.7 cm³/mol. The molecule has 0 atom stereocenters. The number of benzene rings is 1. The van der Waals surface area contributed by atoms with Crippen LogP contribution in [0.2, 0.25) is 0 Å². The van der Waals surface area contributed by atoms with E-state index in [0.29, 0.717) is 16.6 Å². The molecule has 130 valence electrons. The molecule has 25 heavy (non-hydrogen) atoms. The van der Waals surface area contributed by atoms with Crippen molar-refractivity contribution in [3.05, 3.63) is 29.8 Å². The zero-order valence-corrected chi connectivity index (χ0v) is 15.1. The number of carbonyl (C=O) groups excluding carboxylic acids is 1. The molecule has 1 aliphatic rings. The number of methoxy groups -OCH3 is 1. The van der Waals surface area contributed by atoms with E-state index in [1.807, 2.05) is 18.2 Å². The molecule has 5 nitrogen and oxygen atoms in total. The number of amides is 1. The Morgan fingerprint density at radius 3 is 2.88 bits per heavy atom. The monoisotopic (exact) mass is 355 g/mol. The number of pyridine rings is 1. The van der Waals surface area contributed by atoms with Crippen LogP contribution >= 0.6 is 11.8 Å². The van der Waals surface area contributed by atoms with Gasteiger partial charge < -0.3 is 10.1 Å². The second-order valence-corrected chi connectivity index (χ2v) is 7.17. The summed E-state index contributed by atoms with van der Waals surface area (Å²) in [5.74, 6) is 1.02. The Balaban J connectivity index is 1.69. The Morgan fingerprint density at radius 1 is 1.36 bits per heavy atom. The third kappa shape index (κ3) is 4.43. The summed E-state index contributed by atoms with van der Waals surface area (Å²) < 4.78 is 5.21. The molecule has 1 fully saturated rings. The molecule has 1 aromatic heterocycles. The Kier molecular flexibility index (Phi) is 5.77. The maximum atomic E-state index is 12.2. The third-order valence-electron chi connectivity index (χ3n) is 4.42. The highest BCUT2D eigenvalue weighted by Gasteiger charge is 2.16. The Labute approximate surface area is 151 Å². The van der Waals surface area contributed by atoms with E-state index < -0.39 is 0 Å². The largest absolute Gasteiger partial charge is 0.497 e. The molecular formula is C19H21N3O2S. The highest BCUT2D eigenvalue weighted by Crippen LogP contribution is 2.27. The fourth-order valence-electron chi connectivity index (χ4n) is 3.10. The van der Waals surface area contributed by atoms with Crippen LogP contribution in [-0.2, 0) is 4.79 Å². The molecule has 1 saturated carbocycles. The number of ether oxygens (including phenoxy) is 1. The van der Waals surface area contributed by atoms with Crippen LogP contribution in [0.15, 0.2) is 29.3 Å². The summed E-state index contributed by atoms with van der Waals surface area (Å²) >= 11 is 1.32. The van der Waals surface area contributed by atoms with Crippen LogP contribution < -0.4 is 10.1 Å². The van der Waals surface area contributed by atoms with E-state index in [4.69, 9.17) is 4.74 Å². The van der Waals surface area contributed by atoms with Gasteiger partial charge in [0.25, 0.3) is 0 Å². The lowest BCUT2D eigenvalue weighted by Gasteiger charge is -2.22. The second-order valence-electron chi connectivity index (χ2n) is 6.20. The van der Waals surface area contributed by atoms with Gasteiger partial charge in [-0.25, -0.2) is 4.98 Å². The zero-order chi connectivity index (χ0) is 17.6. The van der Waals surface area contributed by atoms with Crippen molar-refractivity contribution in [3.63, 3.8) is 0 Å². The average Bonchev–Trinajstić information content (AvgIpc) is 2.65. The van der Waals surface area contributed by atoms with Crippen LogP contribution in [-0.4, -0.2) is 29.8 Å². The lowest BCUT2D eigenvalue weighted by Crippen LogP contribution is -2.37. The summed E-state index contributed by atoms with van der Waals surface area (Å²) in [6.07, 6.45) is 5.77. The number of aromatic nitrogens is 1. The van der Waals surface area contributed by atoms with Crippen LogP contribution in [0.5, 0.6) is 5.75 Å². The van der Waals surface area contributed by atoms with E-state index in [-0.39, 0.29) is 11.7 Å². The van der Waals surface area contributed by atoms with Gasteiger partial charge in [-0.15, -0.1) is 0 Å². The van der Waals surface area contributed by atoms with E-state index in [9.17, 15) is 10.1 Å². The molecule has 0 aliphatic heterocycles. The minimum Gasteiger partial charge on any atom is -0.497 e. The van der Waals surface area contributed by atoms with Gasteiger partial charge in [-0.3, -0.25) is 4.79 Å². The number of fused-ring (bicyclic) bond motifs is 1. The van der Waals surface area contributed by atoms with Crippen LogP contribution in [0.1, 0.15) is 37.7 Å². The van der Waals surface area contributed by atoms with Crippen LogP contribution in [0.25, 0.3) is 10.9 Å². The van der Waals surface area contributed by atoms with Gasteiger partial charge in [0.05, 0.1) is 23.9 Å². The molecule has 0 unspecified atom stereocenters. The van der Waals surface area contributed by atoms with Gasteiger partial charge in [0.2, 0.25) is 5.91 Å². The normalized spacial score (nSPS) is 14.9. The highest BCUT2D eigenvalue weighted by molar-refractivity contribution is 8.00. The second kappa shape index (κ2) is 8.21. The molecule has 0 saturated heterocycles. The number of hydrogen-bond donors (Lipinski definition) is 1. The molecular weight excluding hydrogens is 334 g/mol. The summed E-state index contributed by atoms with van der Waals surface area (Å²) in [4.78, 5) is 16.7. The van der Waals surface area contributed by atoms with Gasteiger partial charge in [-0.1, -0.05) is 31.0 Å². The Hall–Kier alpha value is -2.26. The molecule has 1 amide bonds. The quantitative estimate of drug-likeness (QED) is 0.829. The lowest BCUT2D eigenvalue weighted by atomic mass is 9.95. The molecule has 1 aromatic carbocycles.